The summed E-state index contributed by atoms with van der Waals surface area (Å²) in [6, 6.07) is 3.68. The van der Waals surface area contributed by atoms with E-state index in [0.717, 1.165) is 42.2 Å². The molecule has 1 aromatic carbocycles. The molecule has 1 atom stereocenters. The lowest BCUT2D eigenvalue weighted by atomic mass is 9.90. The molecule has 0 saturated carbocycles. The number of carboxylic acids is 1. The number of carbonyl (C=O) groups is 2. The van der Waals surface area contributed by atoms with Crippen LogP contribution in [0.1, 0.15) is 49.3 Å². The quantitative estimate of drug-likeness (QED) is 0.569. The van der Waals surface area contributed by atoms with Crippen molar-refractivity contribution in [1.82, 2.24) is 5.32 Å². The predicted molar refractivity (Wildman–Crippen MR) is 101 cm³/mol. The third-order valence-corrected chi connectivity index (χ3v) is 5.12. The van der Waals surface area contributed by atoms with Gasteiger partial charge in [0.05, 0.1) is 0 Å². The van der Waals surface area contributed by atoms with Crippen LogP contribution in [0.25, 0.3) is 11.0 Å². The zero-order chi connectivity index (χ0) is 20.3. The smallest absolute Gasteiger partial charge is 0.339 e. The van der Waals surface area contributed by atoms with E-state index in [2.05, 4.69) is 5.32 Å². The van der Waals surface area contributed by atoms with Gasteiger partial charge in [0.15, 0.2) is 6.10 Å². The van der Waals surface area contributed by atoms with Crippen molar-refractivity contribution < 1.29 is 23.8 Å². The summed E-state index contributed by atoms with van der Waals surface area (Å²) in [4.78, 5) is 34.9. The Morgan fingerprint density at radius 3 is 2.68 bits per heavy atom. The van der Waals surface area contributed by atoms with Crippen LogP contribution in [0.2, 0.25) is 0 Å². The fraction of sp³-hybridized carbons (Fsp3) is 0.476. The summed E-state index contributed by atoms with van der Waals surface area (Å²) in [5.41, 5.74) is 2.73. The number of aliphatic carboxylic acids is 1. The molecule has 28 heavy (non-hydrogen) atoms. The molecule has 150 valence electrons. The second kappa shape index (κ2) is 8.46. The van der Waals surface area contributed by atoms with Crippen molar-refractivity contribution in [3.05, 3.63) is 39.2 Å². The number of hydrogen-bond donors (Lipinski definition) is 1. The van der Waals surface area contributed by atoms with Gasteiger partial charge in [0.2, 0.25) is 0 Å². The normalized spacial score (nSPS) is 14.4. The Morgan fingerprint density at radius 1 is 1.25 bits per heavy atom. The maximum atomic E-state index is 12.3. The van der Waals surface area contributed by atoms with E-state index >= 15 is 0 Å². The molecular formula is C21H24NO6-. The zero-order valence-electron chi connectivity index (χ0n) is 16.1. The Bertz CT molecular complexity index is 962. The molecule has 2 aromatic rings. The summed E-state index contributed by atoms with van der Waals surface area (Å²) in [5.74, 6) is -1.01. The van der Waals surface area contributed by atoms with E-state index in [-0.39, 0.29) is 24.5 Å². The Balaban J connectivity index is 1.77. The molecule has 1 amide bonds. The van der Waals surface area contributed by atoms with Gasteiger partial charge in [-0.2, -0.15) is 0 Å². The van der Waals surface area contributed by atoms with Crippen LogP contribution in [0.4, 0.5) is 0 Å². The summed E-state index contributed by atoms with van der Waals surface area (Å²) in [7, 11) is 0. The summed E-state index contributed by atoms with van der Waals surface area (Å²) in [5, 5.41) is 14.0. The maximum Gasteiger partial charge on any atom is 0.339 e. The minimum absolute atomic E-state index is 0.108. The monoisotopic (exact) mass is 386 g/mol. The summed E-state index contributed by atoms with van der Waals surface area (Å²) in [6.45, 7) is 3.65. The van der Waals surface area contributed by atoms with Gasteiger partial charge in [-0.3, -0.25) is 4.79 Å². The van der Waals surface area contributed by atoms with E-state index < -0.39 is 12.1 Å². The third-order valence-electron chi connectivity index (χ3n) is 5.12. The number of nitrogens with one attached hydrogen (secondary N) is 1. The number of ether oxygens (including phenoxy) is 1. The molecule has 0 spiro atoms. The predicted octanol–water partition coefficient (Wildman–Crippen LogP) is 1.39. The fourth-order valence-corrected chi connectivity index (χ4v) is 3.58. The van der Waals surface area contributed by atoms with Gasteiger partial charge >= 0.3 is 5.63 Å². The maximum absolute atomic E-state index is 12.3. The van der Waals surface area contributed by atoms with Crippen LogP contribution in [0.3, 0.4) is 0 Å². The molecule has 0 bridgehead atoms. The molecule has 0 saturated heterocycles. The Morgan fingerprint density at radius 2 is 1.96 bits per heavy atom. The molecule has 0 unspecified atom stereocenters. The largest absolute Gasteiger partial charge is 0.550 e. The van der Waals surface area contributed by atoms with Crippen molar-refractivity contribution in [2.75, 3.05) is 6.54 Å². The number of carbonyl (C=O) groups excluding carboxylic acids is 2. The van der Waals surface area contributed by atoms with Gasteiger partial charge in [0.1, 0.15) is 11.3 Å². The van der Waals surface area contributed by atoms with Crippen LogP contribution in [-0.2, 0) is 22.4 Å². The number of amides is 1. The highest BCUT2D eigenvalue weighted by Crippen LogP contribution is 2.32. The van der Waals surface area contributed by atoms with Crippen molar-refractivity contribution in [1.29, 1.82) is 0 Å². The molecule has 1 aliphatic rings. The lowest BCUT2D eigenvalue weighted by molar-refractivity contribution is -0.305. The zero-order valence-corrected chi connectivity index (χ0v) is 16.1. The van der Waals surface area contributed by atoms with Gasteiger partial charge in [-0.05, 0) is 70.1 Å². The topological polar surface area (TPSA) is 109 Å². The van der Waals surface area contributed by atoms with Crippen molar-refractivity contribution in [2.45, 2.75) is 58.5 Å². The van der Waals surface area contributed by atoms with Crippen LogP contribution in [0.15, 0.2) is 21.3 Å². The average molecular weight is 386 g/mol. The summed E-state index contributed by atoms with van der Waals surface area (Å²) >= 11 is 0. The lowest BCUT2D eigenvalue weighted by Gasteiger charge is -2.19. The highest BCUT2D eigenvalue weighted by Gasteiger charge is 2.21. The number of fused-ring (bicyclic) bond motifs is 3. The van der Waals surface area contributed by atoms with E-state index in [1.165, 1.54) is 0 Å². The molecule has 7 heteroatoms. The Hall–Kier alpha value is -2.83. The molecule has 0 radical (unpaired) electrons. The molecule has 7 nitrogen and oxygen atoms in total. The highest BCUT2D eigenvalue weighted by atomic mass is 16.5. The van der Waals surface area contributed by atoms with Gasteiger partial charge in [0, 0.05) is 29.0 Å². The molecule has 1 aromatic heterocycles. The first-order valence-corrected chi connectivity index (χ1v) is 9.61. The standard InChI is InChI=1S/C21H25NO6/c1-12-17(27-13(2)20(25)22-11-5-8-18(23)24)10-9-15-14-6-3-4-7-16(14)21(26)28-19(12)15/h9-10,13H,3-8,11H2,1-2H3,(H,22,25)(H,23,24)/p-1/t13-/m0/s1. The van der Waals surface area contributed by atoms with Gasteiger partial charge in [0.25, 0.3) is 5.91 Å². The minimum Gasteiger partial charge on any atom is -0.550 e. The van der Waals surface area contributed by atoms with E-state index in [9.17, 15) is 19.5 Å². The van der Waals surface area contributed by atoms with Gasteiger partial charge < -0.3 is 24.4 Å². The van der Waals surface area contributed by atoms with Crippen molar-refractivity contribution in [3.8, 4) is 5.75 Å². The van der Waals surface area contributed by atoms with E-state index in [1.54, 1.807) is 19.9 Å². The summed E-state index contributed by atoms with van der Waals surface area (Å²) < 4.78 is 11.4. The molecule has 0 fully saturated rings. The Kier molecular flexibility index (Phi) is 6.02. The number of benzene rings is 1. The highest BCUT2D eigenvalue weighted by molar-refractivity contribution is 5.86. The van der Waals surface area contributed by atoms with Gasteiger partial charge in [-0.15, -0.1) is 0 Å². The molecule has 3 rings (SSSR count). The number of carboxylic acid groups (broad SMARTS) is 1. The lowest BCUT2D eigenvalue weighted by Crippen LogP contribution is -2.37. The average Bonchev–Trinajstić information content (AvgIpc) is 2.67. The first kappa shape index (κ1) is 19.9. The van der Waals surface area contributed by atoms with Crippen molar-refractivity contribution in [2.24, 2.45) is 0 Å². The third kappa shape index (κ3) is 4.18. The molecule has 0 aliphatic heterocycles. The first-order valence-electron chi connectivity index (χ1n) is 9.61. The van der Waals surface area contributed by atoms with Crippen LogP contribution in [-0.4, -0.2) is 24.5 Å². The van der Waals surface area contributed by atoms with Crippen LogP contribution in [0.5, 0.6) is 5.75 Å². The second-order valence-electron chi connectivity index (χ2n) is 7.15. The van der Waals surface area contributed by atoms with Crippen LogP contribution in [0, 0.1) is 6.92 Å². The first-order chi connectivity index (χ1) is 13.4. The number of rotatable bonds is 7. The Labute approximate surface area is 162 Å². The van der Waals surface area contributed by atoms with Gasteiger partial charge in [-0.25, -0.2) is 4.79 Å². The number of aryl methyl sites for hydroxylation is 2. The number of hydrogen-bond acceptors (Lipinski definition) is 6. The van der Waals surface area contributed by atoms with Crippen molar-refractivity contribution >= 4 is 22.8 Å². The van der Waals surface area contributed by atoms with Crippen LogP contribution < -0.4 is 20.8 Å². The minimum atomic E-state index is -1.14. The molecular weight excluding hydrogens is 362 g/mol. The van der Waals surface area contributed by atoms with E-state index in [4.69, 9.17) is 9.15 Å². The summed E-state index contributed by atoms with van der Waals surface area (Å²) in [6.07, 6.45) is 3.08. The van der Waals surface area contributed by atoms with Gasteiger partial charge in [-0.1, -0.05) is 0 Å². The van der Waals surface area contributed by atoms with Crippen molar-refractivity contribution in [3.63, 3.8) is 0 Å². The second-order valence-corrected chi connectivity index (χ2v) is 7.15. The van der Waals surface area contributed by atoms with E-state index in [1.807, 2.05) is 6.07 Å². The SMILES string of the molecule is Cc1c(O[C@@H](C)C(=O)NCCCC(=O)[O-])ccc2c3c(c(=O)oc12)CCCC3. The molecule has 1 N–H and O–H groups in total. The van der Waals surface area contributed by atoms with Crippen LogP contribution >= 0.6 is 0 Å². The molecule has 1 aliphatic carbocycles. The molecule has 1 heterocycles. The fourth-order valence-electron chi connectivity index (χ4n) is 3.58. The van der Waals surface area contributed by atoms with E-state index in [0.29, 0.717) is 23.3 Å².